The second-order valence-corrected chi connectivity index (χ2v) is 6.23. The molecule has 3 aliphatic rings. The van der Waals surface area contributed by atoms with Gasteiger partial charge in [0.2, 0.25) is 5.91 Å². The van der Waals surface area contributed by atoms with Gasteiger partial charge in [-0.05, 0) is 42.9 Å². The standard InChI is InChI=1S/C16H20N2O/c19-16(18-9-13-5-6-17-15(13)10-18)14-7-11-3-1-2-4-12(11)8-14/h1-4,13-15,17H,5-10H2/t13-,15+/m0/s1. The average Bonchev–Trinajstić information content (AvgIpc) is 3.10. The van der Waals surface area contributed by atoms with Crippen molar-refractivity contribution in [3.8, 4) is 0 Å². The van der Waals surface area contributed by atoms with Crippen molar-refractivity contribution in [2.24, 2.45) is 11.8 Å². The van der Waals surface area contributed by atoms with E-state index in [0.29, 0.717) is 17.9 Å². The van der Waals surface area contributed by atoms with Crippen molar-refractivity contribution in [2.45, 2.75) is 25.3 Å². The summed E-state index contributed by atoms with van der Waals surface area (Å²) < 4.78 is 0. The Morgan fingerprint density at radius 2 is 1.89 bits per heavy atom. The van der Waals surface area contributed by atoms with Crippen molar-refractivity contribution in [1.82, 2.24) is 10.2 Å². The van der Waals surface area contributed by atoms with Crippen LogP contribution in [0.4, 0.5) is 0 Å². The lowest BCUT2D eigenvalue weighted by molar-refractivity contribution is -0.134. The number of hydrogen-bond donors (Lipinski definition) is 1. The highest BCUT2D eigenvalue weighted by atomic mass is 16.2. The Kier molecular flexibility index (Phi) is 2.62. The van der Waals surface area contributed by atoms with E-state index in [2.05, 4.69) is 34.5 Å². The number of nitrogens with one attached hydrogen (secondary N) is 1. The van der Waals surface area contributed by atoms with Crippen molar-refractivity contribution < 1.29 is 4.79 Å². The van der Waals surface area contributed by atoms with E-state index in [-0.39, 0.29) is 5.92 Å². The lowest BCUT2D eigenvalue weighted by Crippen LogP contribution is -2.37. The minimum absolute atomic E-state index is 0.191. The molecule has 1 aromatic rings. The maximum absolute atomic E-state index is 12.6. The van der Waals surface area contributed by atoms with Crippen LogP contribution in [0.15, 0.2) is 24.3 Å². The lowest BCUT2D eigenvalue weighted by Gasteiger charge is -2.21. The van der Waals surface area contributed by atoms with Crippen LogP contribution in [0, 0.1) is 11.8 Å². The molecule has 3 heteroatoms. The van der Waals surface area contributed by atoms with Crippen LogP contribution in [0.2, 0.25) is 0 Å². The topological polar surface area (TPSA) is 32.3 Å². The fourth-order valence-electron chi connectivity index (χ4n) is 4.02. The predicted molar refractivity (Wildman–Crippen MR) is 73.8 cm³/mol. The van der Waals surface area contributed by atoms with Crippen molar-refractivity contribution in [2.75, 3.05) is 19.6 Å². The van der Waals surface area contributed by atoms with Gasteiger partial charge in [0.05, 0.1) is 0 Å². The molecule has 0 radical (unpaired) electrons. The number of hydrogen-bond acceptors (Lipinski definition) is 2. The molecular formula is C16H20N2O. The number of carbonyl (C=O) groups excluding carboxylic acids is 1. The quantitative estimate of drug-likeness (QED) is 0.819. The highest BCUT2D eigenvalue weighted by molar-refractivity contribution is 5.81. The van der Waals surface area contributed by atoms with Gasteiger partial charge < -0.3 is 10.2 Å². The van der Waals surface area contributed by atoms with Gasteiger partial charge in [0.25, 0.3) is 0 Å². The Bertz CT molecular complexity index is 476. The highest BCUT2D eigenvalue weighted by Crippen LogP contribution is 2.31. The summed E-state index contributed by atoms with van der Waals surface area (Å²) in [5.41, 5.74) is 2.75. The molecule has 19 heavy (non-hydrogen) atoms. The second-order valence-electron chi connectivity index (χ2n) is 6.23. The van der Waals surface area contributed by atoms with Crippen LogP contribution in [0.3, 0.4) is 0 Å². The summed E-state index contributed by atoms with van der Waals surface area (Å²) in [6.07, 6.45) is 3.11. The number of amides is 1. The van der Waals surface area contributed by atoms with Gasteiger partial charge in [0.1, 0.15) is 0 Å². The summed E-state index contributed by atoms with van der Waals surface area (Å²) in [5.74, 6) is 1.27. The molecule has 4 rings (SSSR count). The van der Waals surface area contributed by atoms with Gasteiger partial charge in [-0.1, -0.05) is 24.3 Å². The molecule has 2 heterocycles. The van der Waals surface area contributed by atoms with Crippen molar-refractivity contribution in [3.05, 3.63) is 35.4 Å². The molecule has 0 spiro atoms. The highest BCUT2D eigenvalue weighted by Gasteiger charge is 2.40. The van der Waals surface area contributed by atoms with Crippen molar-refractivity contribution in [3.63, 3.8) is 0 Å². The third kappa shape index (κ3) is 1.88. The van der Waals surface area contributed by atoms with Crippen LogP contribution >= 0.6 is 0 Å². The molecule has 0 bridgehead atoms. The Hall–Kier alpha value is -1.35. The average molecular weight is 256 g/mol. The first-order valence-corrected chi connectivity index (χ1v) is 7.40. The number of likely N-dealkylation sites (tertiary alicyclic amines) is 1. The van der Waals surface area contributed by atoms with Gasteiger partial charge in [0, 0.05) is 25.0 Å². The lowest BCUT2D eigenvalue weighted by atomic mass is 10.0. The van der Waals surface area contributed by atoms with E-state index in [1.54, 1.807) is 0 Å². The third-order valence-corrected chi connectivity index (χ3v) is 5.07. The zero-order chi connectivity index (χ0) is 12.8. The minimum atomic E-state index is 0.191. The zero-order valence-electron chi connectivity index (χ0n) is 11.1. The van der Waals surface area contributed by atoms with Crippen LogP contribution < -0.4 is 5.32 Å². The van der Waals surface area contributed by atoms with Crippen molar-refractivity contribution >= 4 is 5.91 Å². The molecular weight excluding hydrogens is 236 g/mol. The molecule has 1 aromatic carbocycles. The van der Waals surface area contributed by atoms with E-state index < -0.39 is 0 Å². The Labute approximate surface area is 114 Å². The molecule has 2 aliphatic heterocycles. The van der Waals surface area contributed by atoms with E-state index in [9.17, 15) is 4.79 Å². The smallest absolute Gasteiger partial charge is 0.226 e. The largest absolute Gasteiger partial charge is 0.341 e. The van der Waals surface area contributed by atoms with Gasteiger partial charge in [-0.15, -0.1) is 0 Å². The third-order valence-electron chi connectivity index (χ3n) is 5.07. The van der Waals surface area contributed by atoms with Crippen molar-refractivity contribution in [1.29, 1.82) is 0 Å². The number of rotatable bonds is 1. The Morgan fingerprint density at radius 1 is 1.16 bits per heavy atom. The maximum Gasteiger partial charge on any atom is 0.226 e. The zero-order valence-corrected chi connectivity index (χ0v) is 11.1. The number of nitrogens with zero attached hydrogens (tertiary/aromatic N) is 1. The summed E-state index contributed by atoms with van der Waals surface area (Å²) in [4.78, 5) is 14.8. The molecule has 1 aliphatic carbocycles. The maximum atomic E-state index is 12.6. The molecule has 1 N–H and O–H groups in total. The molecule has 0 unspecified atom stereocenters. The summed E-state index contributed by atoms with van der Waals surface area (Å²) in [6, 6.07) is 9.06. The first-order valence-electron chi connectivity index (χ1n) is 7.40. The Balaban J connectivity index is 1.46. The van der Waals surface area contributed by atoms with E-state index in [0.717, 1.165) is 32.5 Å². The fraction of sp³-hybridized carbons (Fsp3) is 0.562. The second kappa shape index (κ2) is 4.34. The van der Waals surface area contributed by atoms with Crippen LogP contribution in [0.5, 0.6) is 0 Å². The molecule has 2 fully saturated rings. The molecule has 3 nitrogen and oxygen atoms in total. The fourth-order valence-corrected chi connectivity index (χ4v) is 4.02. The van der Waals surface area contributed by atoms with Gasteiger partial charge in [0.15, 0.2) is 0 Å². The van der Waals surface area contributed by atoms with Gasteiger partial charge >= 0.3 is 0 Å². The Morgan fingerprint density at radius 3 is 2.58 bits per heavy atom. The normalized spacial score (nSPS) is 29.6. The van der Waals surface area contributed by atoms with E-state index in [4.69, 9.17) is 0 Å². The molecule has 0 saturated carbocycles. The van der Waals surface area contributed by atoms with E-state index in [1.807, 2.05) is 0 Å². The van der Waals surface area contributed by atoms with Gasteiger partial charge in [-0.3, -0.25) is 4.79 Å². The first-order chi connectivity index (χ1) is 9.31. The van der Waals surface area contributed by atoms with Gasteiger partial charge in [-0.2, -0.15) is 0 Å². The number of carbonyl (C=O) groups is 1. The predicted octanol–water partition coefficient (Wildman–Crippen LogP) is 1.22. The molecule has 100 valence electrons. The summed E-state index contributed by atoms with van der Waals surface area (Å²) in [5, 5.41) is 3.52. The van der Waals surface area contributed by atoms with Crippen LogP contribution in [0.1, 0.15) is 17.5 Å². The molecule has 0 aromatic heterocycles. The summed E-state index contributed by atoms with van der Waals surface area (Å²) >= 11 is 0. The molecule has 1 amide bonds. The van der Waals surface area contributed by atoms with Crippen LogP contribution in [0.25, 0.3) is 0 Å². The summed E-state index contributed by atoms with van der Waals surface area (Å²) in [6.45, 7) is 3.03. The monoisotopic (exact) mass is 256 g/mol. The van der Waals surface area contributed by atoms with E-state index in [1.165, 1.54) is 17.5 Å². The summed E-state index contributed by atoms with van der Waals surface area (Å²) in [7, 11) is 0. The SMILES string of the molecule is O=C(C1Cc2ccccc2C1)N1C[C@@H]2CCN[C@@H]2C1. The molecule has 2 atom stereocenters. The molecule has 2 saturated heterocycles. The first kappa shape index (κ1) is 11.5. The van der Waals surface area contributed by atoms with E-state index >= 15 is 0 Å². The minimum Gasteiger partial charge on any atom is -0.341 e. The van der Waals surface area contributed by atoms with Gasteiger partial charge in [-0.25, -0.2) is 0 Å². The van der Waals surface area contributed by atoms with Crippen LogP contribution in [-0.4, -0.2) is 36.5 Å². The van der Waals surface area contributed by atoms with Crippen LogP contribution in [-0.2, 0) is 17.6 Å². The number of benzene rings is 1. The number of fused-ring (bicyclic) bond motifs is 2.